The van der Waals surface area contributed by atoms with E-state index >= 15 is 0 Å². The summed E-state index contributed by atoms with van der Waals surface area (Å²) < 4.78 is 10.7. The van der Waals surface area contributed by atoms with Gasteiger partial charge < -0.3 is 24.6 Å². The Morgan fingerprint density at radius 3 is 2.54 bits per heavy atom. The van der Waals surface area contributed by atoms with E-state index in [-0.39, 0.29) is 18.7 Å². The van der Waals surface area contributed by atoms with Gasteiger partial charge in [0.05, 0.1) is 0 Å². The van der Waals surface area contributed by atoms with Crippen molar-refractivity contribution in [1.82, 2.24) is 0 Å². The molecule has 0 aromatic heterocycles. The number of carbonyl (C=O) groups excluding carboxylic acids is 1. The number of carbonyl (C=O) groups is 1. The van der Waals surface area contributed by atoms with Crippen molar-refractivity contribution in [2.45, 2.75) is 19.5 Å². The lowest BCUT2D eigenvalue weighted by Crippen LogP contribution is -3.29. The first-order valence-corrected chi connectivity index (χ1v) is 10.1. The average molecular weight is 404 g/mol. The van der Waals surface area contributed by atoms with E-state index in [0.29, 0.717) is 5.75 Å². The van der Waals surface area contributed by atoms with Crippen LogP contribution < -0.4 is 24.6 Å². The van der Waals surface area contributed by atoms with E-state index in [1.807, 2.05) is 37.3 Å². The van der Waals surface area contributed by atoms with Crippen molar-refractivity contribution in [3.05, 3.63) is 53.1 Å². The minimum Gasteiger partial charge on any atom is -0.454 e. The van der Waals surface area contributed by atoms with Crippen molar-refractivity contribution in [3.63, 3.8) is 0 Å². The van der Waals surface area contributed by atoms with Gasteiger partial charge in [0.1, 0.15) is 32.7 Å². The van der Waals surface area contributed by atoms with E-state index < -0.39 is 0 Å². The standard InChI is InChI=1S/C21H24ClN3O3/c1-15(21(26)23-18-6-7-19-20(12-18)28-14-27-19)25-10-8-24(9-11-25)13-16-2-4-17(22)5-3-16/h2-7,12,15H,8-11,13-14H2,1H3,(H,23,26)/p+2/t15-/m1/s1. The topological polar surface area (TPSA) is 56.4 Å². The fraction of sp³-hybridized carbons (Fsp3) is 0.381. The predicted octanol–water partition coefficient (Wildman–Crippen LogP) is 0.379. The molecule has 1 saturated heterocycles. The van der Waals surface area contributed by atoms with Crippen LogP contribution in [0.1, 0.15) is 12.5 Å². The number of nitrogens with one attached hydrogen (secondary N) is 3. The van der Waals surface area contributed by atoms with Crippen molar-refractivity contribution < 1.29 is 24.1 Å². The van der Waals surface area contributed by atoms with E-state index in [1.54, 1.807) is 4.90 Å². The Morgan fingerprint density at radius 2 is 1.79 bits per heavy atom. The molecule has 6 nitrogen and oxygen atoms in total. The summed E-state index contributed by atoms with van der Waals surface area (Å²) in [4.78, 5) is 15.6. The maximum absolute atomic E-state index is 12.7. The largest absolute Gasteiger partial charge is 0.454 e. The number of piperazine rings is 1. The van der Waals surface area contributed by atoms with Crippen LogP contribution in [0, 0.1) is 0 Å². The SMILES string of the molecule is C[C@H](C(=O)Nc1ccc2c(c1)OCO2)[NH+]1CC[NH+](Cc2ccc(Cl)cc2)CC1. The van der Waals surface area contributed by atoms with E-state index in [2.05, 4.69) is 17.4 Å². The minimum absolute atomic E-state index is 0.0371. The third kappa shape index (κ3) is 4.41. The highest BCUT2D eigenvalue weighted by molar-refractivity contribution is 6.30. The predicted molar refractivity (Wildman–Crippen MR) is 107 cm³/mol. The number of fused-ring (bicyclic) bond motifs is 1. The Kier molecular flexibility index (Phi) is 5.71. The molecule has 1 atom stereocenters. The summed E-state index contributed by atoms with van der Waals surface area (Å²) in [5, 5.41) is 3.78. The molecular formula is C21H26ClN3O3+2. The van der Waals surface area contributed by atoms with Gasteiger partial charge >= 0.3 is 0 Å². The zero-order valence-electron chi connectivity index (χ0n) is 16.0. The van der Waals surface area contributed by atoms with Crippen molar-refractivity contribution in [2.24, 2.45) is 0 Å². The summed E-state index contributed by atoms with van der Waals surface area (Å²) in [6, 6.07) is 13.5. The Balaban J connectivity index is 1.27. The fourth-order valence-corrected chi connectivity index (χ4v) is 3.96. The number of quaternary nitrogens is 2. The van der Waals surface area contributed by atoms with Crippen molar-refractivity contribution in [1.29, 1.82) is 0 Å². The molecule has 0 aliphatic carbocycles. The maximum Gasteiger partial charge on any atom is 0.282 e. The second kappa shape index (κ2) is 8.39. The highest BCUT2D eigenvalue weighted by Gasteiger charge is 2.31. The van der Waals surface area contributed by atoms with E-state index in [0.717, 1.165) is 49.2 Å². The zero-order valence-corrected chi connectivity index (χ0v) is 16.7. The molecule has 2 aromatic rings. The van der Waals surface area contributed by atoms with Crippen LogP contribution >= 0.6 is 11.6 Å². The van der Waals surface area contributed by atoms with Gasteiger partial charge in [-0.25, -0.2) is 0 Å². The number of benzene rings is 2. The van der Waals surface area contributed by atoms with Gasteiger partial charge in [0.25, 0.3) is 5.91 Å². The highest BCUT2D eigenvalue weighted by atomic mass is 35.5. The number of hydrogen-bond donors (Lipinski definition) is 3. The van der Waals surface area contributed by atoms with Gasteiger partial charge in [-0.05, 0) is 31.2 Å². The lowest BCUT2D eigenvalue weighted by atomic mass is 10.1. The van der Waals surface area contributed by atoms with Gasteiger partial charge in [-0.2, -0.15) is 0 Å². The summed E-state index contributed by atoms with van der Waals surface area (Å²) in [6.07, 6.45) is 0. The molecule has 7 heteroatoms. The maximum atomic E-state index is 12.7. The summed E-state index contributed by atoms with van der Waals surface area (Å²) in [5.74, 6) is 1.43. The monoisotopic (exact) mass is 403 g/mol. The van der Waals surface area contributed by atoms with Crippen LogP contribution in [-0.2, 0) is 11.3 Å². The molecular weight excluding hydrogens is 378 g/mol. The Hall–Kier alpha value is -2.28. The average Bonchev–Trinajstić information content (AvgIpc) is 3.17. The summed E-state index contributed by atoms with van der Waals surface area (Å²) in [5.41, 5.74) is 2.05. The normalized spacial score (nSPS) is 21.9. The first kappa shape index (κ1) is 19.1. The van der Waals surface area contributed by atoms with Crippen LogP contribution in [0.4, 0.5) is 5.69 Å². The number of anilines is 1. The van der Waals surface area contributed by atoms with Crippen molar-refractivity contribution >= 4 is 23.2 Å². The molecule has 0 saturated carbocycles. The fourth-order valence-electron chi connectivity index (χ4n) is 3.84. The summed E-state index contributed by atoms with van der Waals surface area (Å²) >= 11 is 5.96. The third-order valence-corrected chi connectivity index (χ3v) is 5.86. The Labute approximate surface area is 170 Å². The van der Waals surface area contributed by atoms with Gasteiger partial charge in [0.2, 0.25) is 6.79 Å². The number of rotatable bonds is 5. The summed E-state index contributed by atoms with van der Waals surface area (Å²) in [7, 11) is 0. The minimum atomic E-state index is -0.0949. The zero-order chi connectivity index (χ0) is 19.5. The summed E-state index contributed by atoms with van der Waals surface area (Å²) in [6.45, 7) is 7.32. The highest BCUT2D eigenvalue weighted by Crippen LogP contribution is 2.34. The van der Waals surface area contributed by atoms with Crippen LogP contribution in [0.15, 0.2) is 42.5 Å². The van der Waals surface area contributed by atoms with Crippen LogP contribution in [0.2, 0.25) is 5.02 Å². The van der Waals surface area contributed by atoms with Crippen LogP contribution in [0.3, 0.4) is 0 Å². The number of hydrogen-bond acceptors (Lipinski definition) is 3. The molecule has 1 fully saturated rings. The smallest absolute Gasteiger partial charge is 0.282 e. The van der Waals surface area contributed by atoms with Crippen LogP contribution in [0.25, 0.3) is 0 Å². The lowest BCUT2D eigenvalue weighted by Gasteiger charge is -2.32. The molecule has 3 N–H and O–H groups in total. The molecule has 1 amide bonds. The molecule has 4 rings (SSSR count). The van der Waals surface area contributed by atoms with Crippen molar-refractivity contribution in [2.75, 3.05) is 38.3 Å². The first-order valence-electron chi connectivity index (χ1n) is 9.71. The molecule has 2 aliphatic rings. The second-order valence-electron chi connectivity index (χ2n) is 7.49. The van der Waals surface area contributed by atoms with E-state index in [4.69, 9.17) is 21.1 Å². The Bertz CT molecular complexity index is 835. The molecule has 0 bridgehead atoms. The number of ether oxygens (including phenoxy) is 2. The molecule has 0 unspecified atom stereocenters. The van der Waals surface area contributed by atoms with Crippen LogP contribution in [-0.4, -0.2) is 44.9 Å². The van der Waals surface area contributed by atoms with Crippen LogP contribution in [0.5, 0.6) is 11.5 Å². The van der Waals surface area contributed by atoms with Crippen molar-refractivity contribution in [3.8, 4) is 11.5 Å². The molecule has 0 radical (unpaired) electrons. The lowest BCUT2D eigenvalue weighted by molar-refractivity contribution is -1.02. The quantitative estimate of drug-likeness (QED) is 0.676. The first-order chi connectivity index (χ1) is 13.6. The van der Waals surface area contributed by atoms with Gasteiger partial charge in [0, 0.05) is 22.3 Å². The van der Waals surface area contributed by atoms with Gasteiger partial charge in [0.15, 0.2) is 17.5 Å². The molecule has 0 spiro atoms. The van der Waals surface area contributed by atoms with Gasteiger partial charge in [-0.15, -0.1) is 0 Å². The number of halogens is 1. The van der Waals surface area contributed by atoms with Gasteiger partial charge in [-0.3, -0.25) is 4.79 Å². The van der Waals surface area contributed by atoms with Gasteiger partial charge in [-0.1, -0.05) is 23.7 Å². The van der Waals surface area contributed by atoms with E-state index in [9.17, 15) is 4.79 Å². The Morgan fingerprint density at radius 1 is 1.07 bits per heavy atom. The molecule has 2 aromatic carbocycles. The molecule has 2 aliphatic heterocycles. The molecule has 2 heterocycles. The second-order valence-corrected chi connectivity index (χ2v) is 7.93. The number of amides is 1. The third-order valence-electron chi connectivity index (χ3n) is 5.61. The van der Waals surface area contributed by atoms with E-state index in [1.165, 1.54) is 10.5 Å². The molecule has 148 valence electrons. The molecule has 28 heavy (non-hydrogen) atoms.